The summed E-state index contributed by atoms with van der Waals surface area (Å²) < 4.78 is 2.19. The monoisotopic (exact) mass is 264 g/mol. The maximum absolute atomic E-state index is 11.3. The summed E-state index contributed by atoms with van der Waals surface area (Å²) in [5.74, 6) is 0. The zero-order chi connectivity index (χ0) is 8.43. The summed E-state index contributed by atoms with van der Waals surface area (Å²) in [6.07, 6.45) is 3.35. The lowest BCUT2D eigenvalue weighted by Crippen LogP contribution is -2.24. The molecular weight excluding hydrogens is 255 g/mol. The normalized spacial score (nSPS) is 10.5. The van der Waals surface area contributed by atoms with Crippen molar-refractivity contribution in [1.29, 1.82) is 0 Å². The summed E-state index contributed by atoms with van der Waals surface area (Å²) in [4.78, 5) is 15.2. The highest BCUT2D eigenvalue weighted by Gasteiger charge is 2.02. The Morgan fingerprint density at radius 1 is 1.64 bits per heavy atom. The van der Waals surface area contributed by atoms with Gasteiger partial charge in [-0.25, -0.2) is 4.98 Å². The molecule has 0 atom stereocenters. The molecule has 3 nitrogen and oxygen atoms in total. The van der Waals surface area contributed by atoms with E-state index in [0.29, 0.717) is 3.70 Å². The Morgan fingerprint density at radius 2 is 2.27 bits per heavy atom. The van der Waals surface area contributed by atoms with Crippen LogP contribution in [0.2, 0.25) is 0 Å². The third-order valence-electron chi connectivity index (χ3n) is 1.38. The van der Waals surface area contributed by atoms with Gasteiger partial charge in [0.15, 0.2) is 3.70 Å². The van der Waals surface area contributed by atoms with Crippen LogP contribution in [-0.4, -0.2) is 9.55 Å². The smallest absolute Gasteiger partial charge is 0.282 e. The van der Waals surface area contributed by atoms with Crippen molar-refractivity contribution in [1.82, 2.24) is 9.55 Å². The van der Waals surface area contributed by atoms with Crippen molar-refractivity contribution in [3.63, 3.8) is 0 Å². The predicted octanol–water partition coefficient (Wildman–Crippen LogP) is 1.43. The van der Waals surface area contributed by atoms with Crippen LogP contribution in [0.25, 0.3) is 0 Å². The third-order valence-corrected chi connectivity index (χ3v) is 2.12. The number of hydrogen-bond donors (Lipinski definition) is 0. The van der Waals surface area contributed by atoms with Gasteiger partial charge in [0.05, 0.1) is 0 Å². The lowest BCUT2D eigenvalue weighted by molar-refractivity contribution is 0.570. The molecule has 1 rings (SSSR count). The fourth-order valence-corrected chi connectivity index (χ4v) is 1.25. The Bertz CT molecular complexity index is 306. The Hall–Kier alpha value is -0.390. The largest absolute Gasteiger partial charge is 0.309 e. The first-order valence-corrected chi connectivity index (χ1v) is 4.43. The lowest BCUT2D eigenvalue weighted by Gasteiger charge is -2.07. The van der Waals surface area contributed by atoms with Gasteiger partial charge in [-0.15, -0.1) is 0 Å². The minimum absolute atomic E-state index is 0.0110. The maximum atomic E-state index is 11.3. The van der Waals surface area contributed by atoms with Gasteiger partial charge in [0.1, 0.15) is 0 Å². The van der Waals surface area contributed by atoms with Crippen LogP contribution < -0.4 is 5.56 Å². The van der Waals surface area contributed by atoms with Crippen molar-refractivity contribution in [2.45, 2.75) is 19.9 Å². The van der Waals surface area contributed by atoms with Gasteiger partial charge >= 0.3 is 0 Å². The van der Waals surface area contributed by atoms with Crippen LogP contribution in [0.15, 0.2) is 17.2 Å². The van der Waals surface area contributed by atoms with Crippen molar-refractivity contribution in [3.8, 4) is 0 Å². The fraction of sp³-hybridized carbons (Fsp3) is 0.429. The first-order valence-electron chi connectivity index (χ1n) is 3.35. The molecule has 0 spiro atoms. The van der Waals surface area contributed by atoms with Gasteiger partial charge in [0, 0.05) is 18.4 Å². The Kier molecular flexibility index (Phi) is 2.64. The maximum Gasteiger partial charge on any atom is 0.282 e. The zero-order valence-corrected chi connectivity index (χ0v) is 8.57. The third kappa shape index (κ3) is 1.79. The number of hydrogen-bond acceptors (Lipinski definition) is 2. The van der Waals surface area contributed by atoms with Gasteiger partial charge < -0.3 is 4.57 Å². The summed E-state index contributed by atoms with van der Waals surface area (Å²) in [5, 5.41) is 0. The minimum atomic E-state index is -0.0110. The molecule has 0 N–H and O–H groups in total. The molecule has 0 aliphatic carbocycles. The van der Waals surface area contributed by atoms with Crippen LogP contribution >= 0.6 is 22.6 Å². The molecule has 0 aromatic carbocycles. The second-order valence-electron chi connectivity index (χ2n) is 2.52. The van der Waals surface area contributed by atoms with Crippen LogP contribution in [-0.2, 0) is 0 Å². The number of aromatic nitrogens is 2. The molecule has 4 heteroatoms. The average Bonchev–Trinajstić information content (AvgIpc) is 1.94. The van der Waals surface area contributed by atoms with Crippen molar-refractivity contribution >= 4 is 22.6 Å². The highest BCUT2D eigenvalue weighted by Crippen LogP contribution is 1.99. The molecule has 11 heavy (non-hydrogen) atoms. The summed E-state index contributed by atoms with van der Waals surface area (Å²) in [7, 11) is 0. The Balaban J connectivity index is 3.28. The summed E-state index contributed by atoms with van der Waals surface area (Å²) in [5.41, 5.74) is -0.0110. The van der Waals surface area contributed by atoms with Crippen LogP contribution in [0.5, 0.6) is 0 Å². The van der Waals surface area contributed by atoms with E-state index in [2.05, 4.69) is 4.98 Å². The molecule has 0 saturated carbocycles. The average molecular weight is 264 g/mol. The summed E-state index contributed by atoms with van der Waals surface area (Å²) in [6.45, 7) is 3.94. The summed E-state index contributed by atoms with van der Waals surface area (Å²) in [6, 6.07) is 0.207. The van der Waals surface area contributed by atoms with E-state index in [4.69, 9.17) is 0 Å². The molecule has 0 aliphatic rings. The molecule has 0 radical (unpaired) electrons. The molecule has 1 aromatic heterocycles. The molecule has 1 heterocycles. The van der Waals surface area contributed by atoms with E-state index in [1.807, 2.05) is 36.4 Å². The van der Waals surface area contributed by atoms with Gasteiger partial charge in [-0.05, 0) is 36.4 Å². The molecule has 1 aromatic rings. The quantitative estimate of drug-likeness (QED) is 0.719. The number of rotatable bonds is 1. The Labute approximate surface area is 78.6 Å². The molecule has 0 bridgehead atoms. The molecule has 0 amide bonds. The highest BCUT2D eigenvalue weighted by molar-refractivity contribution is 14.1. The van der Waals surface area contributed by atoms with Crippen LogP contribution in [0.1, 0.15) is 19.9 Å². The van der Waals surface area contributed by atoms with E-state index >= 15 is 0 Å². The number of halogens is 1. The van der Waals surface area contributed by atoms with Gasteiger partial charge in [-0.2, -0.15) is 0 Å². The van der Waals surface area contributed by atoms with E-state index in [9.17, 15) is 4.79 Å². The summed E-state index contributed by atoms with van der Waals surface area (Å²) >= 11 is 1.94. The van der Waals surface area contributed by atoms with E-state index in [1.54, 1.807) is 17.0 Å². The predicted molar refractivity (Wildman–Crippen MR) is 51.6 cm³/mol. The van der Waals surface area contributed by atoms with Gasteiger partial charge in [0.25, 0.3) is 5.56 Å². The molecular formula is C7H9IN2O. The van der Waals surface area contributed by atoms with Crippen molar-refractivity contribution in [3.05, 3.63) is 26.4 Å². The fourth-order valence-electron chi connectivity index (χ4n) is 0.807. The van der Waals surface area contributed by atoms with Crippen molar-refractivity contribution in [2.24, 2.45) is 0 Å². The second kappa shape index (κ2) is 3.34. The van der Waals surface area contributed by atoms with Gasteiger partial charge in [-0.1, -0.05) is 0 Å². The van der Waals surface area contributed by atoms with E-state index < -0.39 is 0 Å². The SMILES string of the molecule is CC(C)n1ccnc(I)c1=O. The molecule has 0 aliphatic heterocycles. The van der Waals surface area contributed by atoms with Crippen molar-refractivity contribution in [2.75, 3.05) is 0 Å². The van der Waals surface area contributed by atoms with E-state index in [-0.39, 0.29) is 11.6 Å². The highest BCUT2D eigenvalue weighted by atomic mass is 127. The minimum Gasteiger partial charge on any atom is -0.309 e. The molecule has 60 valence electrons. The first kappa shape index (κ1) is 8.70. The number of nitrogens with zero attached hydrogens (tertiary/aromatic N) is 2. The molecule has 0 unspecified atom stereocenters. The van der Waals surface area contributed by atoms with E-state index in [0.717, 1.165) is 0 Å². The standard InChI is InChI=1S/C7H9IN2O/c1-5(2)10-4-3-9-6(8)7(10)11/h3-5H,1-2H3. The van der Waals surface area contributed by atoms with E-state index in [1.165, 1.54) is 0 Å². The molecule has 0 fully saturated rings. The van der Waals surface area contributed by atoms with Crippen molar-refractivity contribution < 1.29 is 0 Å². The van der Waals surface area contributed by atoms with Gasteiger partial charge in [0.2, 0.25) is 0 Å². The van der Waals surface area contributed by atoms with Crippen LogP contribution in [0, 0.1) is 3.70 Å². The lowest BCUT2D eigenvalue weighted by atomic mass is 10.4. The topological polar surface area (TPSA) is 34.9 Å². The second-order valence-corrected chi connectivity index (χ2v) is 3.55. The first-order chi connectivity index (χ1) is 5.13. The molecule has 0 saturated heterocycles. The van der Waals surface area contributed by atoms with Gasteiger partial charge in [-0.3, -0.25) is 4.79 Å². The zero-order valence-electron chi connectivity index (χ0n) is 6.41. The van der Waals surface area contributed by atoms with Crippen LogP contribution in [0.4, 0.5) is 0 Å². The Morgan fingerprint density at radius 3 is 2.73 bits per heavy atom. The van der Waals surface area contributed by atoms with Crippen LogP contribution in [0.3, 0.4) is 0 Å².